The first-order chi connectivity index (χ1) is 8.10. The van der Waals surface area contributed by atoms with Crippen LogP contribution in [0.1, 0.15) is 45.6 Å². The molecule has 0 radical (unpaired) electrons. The number of hydrogen-bond donors (Lipinski definition) is 0. The smallest absolute Gasteiger partial charge is 0.340 e. The molecule has 1 unspecified atom stereocenters. The Kier molecular flexibility index (Phi) is 2.72. The van der Waals surface area contributed by atoms with Crippen molar-refractivity contribution in [3.63, 3.8) is 0 Å². The summed E-state index contributed by atoms with van der Waals surface area (Å²) in [4.78, 5) is 11.7. The van der Waals surface area contributed by atoms with E-state index in [-0.39, 0.29) is 0 Å². The number of aryl methyl sites for hydroxylation is 1. The maximum Gasteiger partial charge on any atom is 0.340 e. The van der Waals surface area contributed by atoms with E-state index in [1.54, 1.807) is 0 Å². The zero-order valence-corrected chi connectivity index (χ0v) is 10.1. The average Bonchev–Trinajstić information content (AvgIpc) is 2.61. The SMILES string of the molecule is C/C=C/c1c(C)cc2c(c1C)C(=O)OC2C#N. The zero-order valence-electron chi connectivity index (χ0n) is 10.1. The Labute approximate surface area is 100 Å². The fourth-order valence-electron chi connectivity index (χ4n) is 2.26. The number of carbonyl (C=O) groups is 1. The molecule has 2 rings (SSSR count). The van der Waals surface area contributed by atoms with Crippen LogP contribution < -0.4 is 0 Å². The van der Waals surface area contributed by atoms with Gasteiger partial charge in [0.2, 0.25) is 6.10 Å². The lowest BCUT2D eigenvalue weighted by Crippen LogP contribution is -2.00. The quantitative estimate of drug-likeness (QED) is 0.693. The number of ether oxygens (including phenoxy) is 1. The molecule has 0 bridgehead atoms. The first-order valence-corrected chi connectivity index (χ1v) is 5.47. The Morgan fingerprint density at radius 1 is 1.47 bits per heavy atom. The summed E-state index contributed by atoms with van der Waals surface area (Å²) < 4.78 is 5.03. The number of nitriles is 1. The first kappa shape index (κ1) is 11.4. The van der Waals surface area contributed by atoms with Gasteiger partial charge < -0.3 is 4.74 Å². The predicted molar refractivity (Wildman–Crippen MR) is 64.4 cm³/mol. The molecular weight excluding hydrogens is 214 g/mol. The number of fused-ring (bicyclic) bond motifs is 1. The van der Waals surface area contributed by atoms with Gasteiger partial charge in [-0.1, -0.05) is 12.2 Å². The molecule has 0 aliphatic carbocycles. The third-order valence-corrected chi connectivity index (χ3v) is 3.03. The van der Waals surface area contributed by atoms with Crippen molar-refractivity contribution in [2.75, 3.05) is 0 Å². The van der Waals surface area contributed by atoms with Crippen molar-refractivity contribution in [1.82, 2.24) is 0 Å². The van der Waals surface area contributed by atoms with Gasteiger partial charge in [0, 0.05) is 5.56 Å². The Morgan fingerprint density at radius 2 is 2.18 bits per heavy atom. The molecule has 0 saturated carbocycles. The molecule has 1 aromatic rings. The van der Waals surface area contributed by atoms with Gasteiger partial charge in [-0.15, -0.1) is 0 Å². The number of nitrogens with zero attached hydrogens (tertiary/aromatic N) is 1. The highest BCUT2D eigenvalue weighted by Crippen LogP contribution is 2.35. The summed E-state index contributed by atoms with van der Waals surface area (Å²) in [6.07, 6.45) is 3.15. The van der Waals surface area contributed by atoms with E-state index in [9.17, 15) is 4.79 Å². The molecule has 0 amide bonds. The minimum absolute atomic E-state index is 0.394. The van der Waals surface area contributed by atoms with Crippen molar-refractivity contribution >= 4 is 12.0 Å². The molecule has 3 heteroatoms. The second-order valence-electron chi connectivity index (χ2n) is 4.11. The molecule has 1 heterocycles. The van der Waals surface area contributed by atoms with Crippen LogP contribution in [0.5, 0.6) is 0 Å². The average molecular weight is 227 g/mol. The summed E-state index contributed by atoms with van der Waals surface area (Å²) in [5.41, 5.74) is 4.22. The number of rotatable bonds is 1. The Hall–Kier alpha value is -2.08. The van der Waals surface area contributed by atoms with Gasteiger partial charge in [-0.05, 0) is 43.5 Å². The number of esters is 1. The summed E-state index contributed by atoms with van der Waals surface area (Å²) in [7, 11) is 0. The Morgan fingerprint density at radius 3 is 2.76 bits per heavy atom. The molecule has 86 valence electrons. The second-order valence-corrected chi connectivity index (χ2v) is 4.11. The van der Waals surface area contributed by atoms with Crippen LogP contribution in [0.2, 0.25) is 0 Å². The highest BCUT2D eigenvalue weighted by molar-refractivity contribution is 5.97. The van der Waals surface area contributed by atoms with Gasteiger partial charge in [0.15, 0.2) is 0 Å². The fourth-order valence-corrected chi connectivity index (χ4v) is 2.26. The molecule has 0 N–H and O–H groups in total. The van der Waals surface area contributed by atoms with E-state index in [1.165, 1.54) is 0 Å². The van der Waals surface area contributed by atoms with Crippen molar-refractivity contribution in [2.45, 2.75) is 26.9 Å². The lowest BCUT2D eigenvalue weighted by atomic mass is 9.92. The molecule has 1 aliphatic heterocycles. The standard InChI is InChI=1S/C14H13NO2/c1-4-5-10-8(2)6-11-12(7-15)17-14(16)13(11)9(10)3/h4-6,12H,1-3H3/b5-4+. The summed E-state index contributed by atoms with van der Waals surface area (Å²) in [6, 6.07) is 3.87. The molecule has 0 aromatic heterocycles. The van der Waals surface area contributed by atoms with Crippen molar-refractivity contribution in [3.8, 4) is 6.07 Å². The molecule has 1 aromatic carbocycles. The van der Waals surface area contributed by atoms with E-state index in [2.05, 4.69) is 0 Å². The van der Waals surface area contributed by atoms with Gasteiger partial charge in [-0.3, -0.25) is 0 Å². The summed E-state index contributed by atoms with van der Waals surface area (Å²) in [6.45, 7) is 5.80. The highest BCUT2D eigenvalue weighted by Gasteiger charge is 2.33. The third kappa shape index (κ3) is 1.62. The largest absolute Gasteiger partial charge is 0.438 e. The molecular formula is C14H13NO2. The molecule has 3 nitrogen and oxygen atoms in total. The van der Waals surface area contributed by atoms with Crippen LogP contribution in [0, 0.1) is 25.2 Å². The van der Waals surface area contributed by atoms with Crippen molar-refractivity contribution in [1.29, 1.82) is 5.26 Å². The summed E-state index contributed by atoms with van der Waals surface area (Å²) >= 11 is 0. The van der Waals surface area contributed by atoms with E-state index in [0.717, 1.165) is 16.7 Å². The number of carbonyl (C=O) groups excluding carboxylic acids is 1. The van der Waals surface area contributed by atoms with E-state index in [4.69, 9.17) is 10.00 Å². The molecule has 1 aliphatic rings. The van der Waals surface area contributed by atoms with E-state index < -0.39 is 12.1 Å². The number of hydrogen-bond acceptors (Lipinski definition) is 3. The van der Waals surface area contributed by atoms with Crippen LogP contribution in [-0.2, 0) is 4.74 Å². The molecule has 0 fully saturated rings. The minimum Gasteiger partial charge on any atom is -0.438 e. The third-order valence-electron chi connectivity index (χ3n) is 3.03. The van der Waals surface area contributed by atoms with E-state index in [0.29, 0.717) is 11.1 Å². The van der Waals surface area contributed by atoms with E-state index in [1.807, 2.05) is 45.1 Å². The number of cyclic esters (lactones) is 1. The van der Waals surface area contributed by atoms with E-state index >= 15 is 0 Å². The zero-order chi connectivity index (χ0) is 12.6. The molecule has 17 heavy (non-hydrogen) atoms. The maximum absolute atomic E-state index is 11.7. The number of benzene rings is 1. The van der Waals surface area contributed by atoms with Gasteiger partial charge in [0.1, 0.15) is 6.07 Å². The van der Waals surface area contributed by atoms with Crippen LogP contribution in [-0.4, -0.2) is 5.97 Å². The fraction of sp³-hybridized carbons (Fsp3) is 0.286. The number of allylic oxidation sites excluding steroid dienone is 1. The monoisotopic (exact) mass is 227 g/mol. The topological polar surface area (TPSA) is 50.1 Å². The van der Waals surface area contributed by atoms with Crippen molar-refractivity contribution < 1.29 is 9.53 Å². The summed E-state index contributed by atoms with van der Waals surface area (Å²) in [5, 5.41) is 8.94. The van der Waals surface area contributed by atoms with Crippen molar-refractivity contribution in [3.05, 3.63) is 40.0 Å². The van der Waals surface area contributed by atoms with Crippen LogP contribution in [0.15, 0.2) is 12.1 Å². The predicted octanol–water partition coefficient (Wildman–Crippen LogP) is 3.07. The lowest BCUT2D eigenvalue weighted by molar-refractivity contribution is 0.0477. The maximum atomic E-state index is 11.7. The molecule has 0 spiro atoms. The van der Waals surface area contributed by atoms with Gasteiger partial charge in [0.25, 0.3) is 0 Å². The van der Waals surface area contributed by atoms with Gasteiger partial charge >= 0.3 is 5.97 Å². The van der Waals surface area contributed by atoms with Crippen LogP contribution >= 0.6 is 0 Å². The van der Waals surface area contributed by atoms with Crippen LogP contribution in [0.3, 0.4) is 0 Å². The molecule has 0 saturated heterocycles. The van der Waals surface area contributed by atoms with Crippen molar-refractivity contribution in [2.24, 2.45) is 0 Å². The molecule has 1 atom stereocenters. The lowest BCUT2D eigenvalue weighted by Gasteiger charge is -2.09. The minimum atomic E-state index is -0.755. The Balaban J connectivity index is 2.73. The normalized spacial score (nSPS) is 18.0. The van der Waals surface area contributed by atoms with Crippen LogP contribution in [0.25, 0.3) is 6.08 Å². The Bertz CT molecular complexity index is 565. The van der Waals surface area contributed by atoms with Gasteiger partial charge in [-0.2, -0.15) is 5.26 Å². The highest BCUT2D eigenvalue weighted by atomic mass is 16.5. The second kappa shape index (κ2) is 4.06. The first-order valence-electron chi connectivity index (χ1n) is 5.47. The van der Waals surface area contributed by atoms with Gasteiger partial charge in [0.05, 0.1) is 5.56 Å². The van der Waals surface area contributed by atoms with Crippen LogP contribution in [0.4, 0.5) is 0 Å². The summed E-state index contributed by atoms with van der Waals surface area (Å²) in [5.74, 6) is -0.394. The van der Waals surface area contributed by atoms with Gasteiger partial charge in [-0.25, -0.2) is 4.79 Å².